The smallest absolute Gasteiger partial charge is 0.270 e. The molecular weight excluding hydrogens is 364 g/mol. The Balaban J connectivity index is 0.00000225. The zero-order valence-electron chi connectivity index (χ0n) is 14.5. The molecule has 0 aliphatic carbocycles. The van der Waals surface area contributed by atoms with Crippen LogP contribution in [-0.4, -0.2) is 56.9 Å². The summed E-state index contributed by atoms with van der Waals surface area (Å²) in [7, 11) is -3.61. The Labute approximate surface area is 155 Å². The van der Waals surface area contributed by atoms with Gasteiger partial charge in [-0.3, -0.25) is 4.79 Å². The van der Waals surface area contributed by atoms with Crippen molar-refractivity contribution in [2.45, 2.75) is 37.5 Å². The molecule has 2 aliphatic rings. The number of rotatable bonds is 5. The third-order valence-electron chi connectivity index (χ3n) is 5.09. The van der Waals surface area contributed by atoms with Gasteiger partial charge in [0.25, 0.3) is 5.91 Å². The molecule has 142 valence electrons. The molecule has 0 radical (unpaired) electrons. The Hall–Kier alpha value is -1.09. The molecule has 0 saturated carbocycles. The van der Waals surface area contributed by atoms with Crippen molar-refractivity contribution in [3.8, 4) is 0 Å². The molecule has 25 heavy (non-hydrogen) atoms. The fourth-order valence-electron chi connectivity index (χ4n) is 3.30. The van der Waals surface area contributed by atoms with Crippen LogP contribution in [0.1, 0.15) is 43.1 Å². The highest BCUT2D eigenvalue weighted by atomic mass is 35.5. The predicted octanol–water partition coefficient (Wildman–Crippen LogP) is 1.34. The molecule has 0 spiro atoms. The number of aromatic amines is 1. The molecule has 0 unspecified atom stereocenters. The highest BCUT2D eigenvalue weighted by molar-refractivity contribution is 7.89. The lowest BCUT2D eigenvalue weighted by Gasteiger charge is -2.33. The summed E-state index contributed by atoms with van der Waals surface area (Å²) in [6.45, 7) is 5.83. The first kappa shape index (κ1) is 20.2. The highest BCUT2D eigenvalue weighted by Gasteiger charge is 2.29. The number of sulfonamides is 1. The summed E-state index contributed by atoms with van der Waals surface area (Å²) in [5.41, 5.74) is 0.313. The van der Waals surface area contributed by atoms with Gasteiger partial charge in [-0.1, -0.05) is 6.92 Å². The molecule has 2 fully saturated rings. The average Bonchev–Trinajstić information content (AvgIpc) is 3.25. The molecule has 7 nitrogen and oxygen atoms in total. The number of amides is 1. The van der Waals surface area contributed by atoms with E-state index in [0.717, 1.165) is 51.9 Å². The van der Waals surface area contributed by atoms with Crippen molar-refractivity contribution in [1.29, 1.82) is 0 Å². The van der Waals surface area contributed by atoms with Gasteiger partial charge >= 0.3 is 0 Å². The summed E-state index contributed by atoms with van der Waals surface area (Å²) in [5.74, 6) is -0.126. The highest BCUT2D eigenvalue weighted by Crippen LogP contribution is 2.27. The Morgan fingerprint density at radius 2 is 1.92 bits per heavy atom. The third kappa shape index (κ3) is 4.75. The number of aromatic nitrogens is 1. The van der Waals surface area contributed by atoms with Crippen LogP contribution in [0.5, 0.6) is 0 Å². The zero-order valence-corrected chi connectivity index (χ0v) is 16.1. The van der Waals surface area contributed by atoms with Crippen LogP contribution in [0.4, 0.5) is 0 Å². The molecule has 0 aromatic carbocycles. The summed E-state index contributed by atoms with van der Waals surface area (Å²) in [5, 5.41) is 3.29. The predicted molar refractivity (Wildman–Crippen MR) is 98.6 cm³/mol. The number of nitrogens with zero attached hydrogens (tertiary/aromatic N) is 1. The van der Waals surface area contributed by atoms with Crippen molar-refractivity contribution < 1.29 is 13.2 Å². The molecule has 9 heteroatoms. The van der Waals surface area contributed by atoms with Gasteiger partial charge in [-0.05, 0) is 50.3 Å². The van der Waals surface area contributed by atoms with Crippen LogP contribution in [0.15, 0.2) is 17.2 Å². The topological polar surface area (TPSA) is 94.3 Å². The van der Waals surface area contributed by atoms with Gasteiger partial charge < -0.3 is 15.2 Å². The number of hydrogen-bond donors (Lipinski definition) is 3. The van der Waals surface area contributed by atoms with Gasteiger partial charge in [0.1, 0.15) is 10.6 Å². The molecule has 0 atom stereocenters. The number of carbonyl (C=O) groups is 1. The van der Waals surface area contributed by atoms with Crippen LogP contribution in [0.3, 0.4) is 0 Å². The lowest BCUT2D eigenvalue weighted by molar-refractivity contribution is 0.0787. The van der Waals surface area contributed by atoms with Crippen molar-refractivity contribution in [2.24, 2.45) is 5.41 Å². The second-order valence-electron chi connectivity index (χ2n) is 7.13. The fourth-order valence-corrected chi connectivity index (χ4v) is 4.50. The van der Waals surface area contributed by atoms with Gasteiger partial charge in [-0.15, -0.1) is 12.4 Å². The van der Waals surface area contributed by atoms with Crippen LogP contribution in [0, 0.1) is 5.41 Å². The second kappa shape index (κ2) is 8.07. The summed E-state index contributed by atoms with van der Waals surface area (Å²) in [6.07, 6.45) is 5.30. The van der Waals surface area contributed by atoms with Gasteiger partial charge in [-0.2, -0.15) is 0 Å². The zero-order chi connectivity index (χ0) is 17.2. The lowest BCUT2D eigenvalue weighted by Crippen LogP contribution is -2.42. The van der Waals surface area contributed by atoms with E-state index in [1.807, 2.05) is 0 Å². The van der Waals surface area contributed by atoms with E-state index >= 15 is 0 Å². The van der Waals surface area contributed by atoms with Crippen molar-refractivity contribution in [3.05, 3.63) is 18.0 Å². The van der Waals surface area contributed by atoms with Gasteiger partial charge in [0.15, 0.2) is 0 Å². The quantitative estimate of drug-likeness (QED) is 0.707. The van der Waals surface area contributed by atoms with E-state index in [4.69, 9.17) is 0 Å². The average molecular weight is 391 g/mol. The molecule has 3 heterocycles. The van der Waals surface area contributed by atoms with Crippen LogP contribution < -0.4 is 10.0 Å². The van der Waals surface area contributed by atoms with E-state index in [0.29, 0.717) is 12.2 Å². The van der Waals surface area contributed by atoms with Gasteiger partial charge in [0.2, 0.25) is 10.0 Å². The van der Waals surface area contributed by atoms with Gasteiger partial charge in [-0.25, -0.2) is 13.1 Å². The number of piperidine rings is 1. The minimum absolute atomic E-state index is 0. The van der Waals surface area contributed by atoms with E-state index < -0.39 is 10.0 Å². The Kier molecular flexibility index (Phi) is 6.53. The maximum absolute atomic E-state index is 12.5. The van der Waals surface area contributed by atoms with Gasteiger partial charge in [0.05, 0.1) is 0 Å². The standard InChI is InChI=1S/C16H26N4O3S.ClH/c1-16(4-6-17-7-5-16)12-19-24(22,23)13-10-14(18-11-13)15(21)20-8-2-3-9-20;/h10-11,17-19H,2-9,12H2,1H3;1H. The number of halogens is 1. The first-order valence-electron chi connectivity index (χ1n) is 8.58. The number of likely N-dealkylation sites (tertiary alicyclic amines) is 1. The van der Waals surface area contributed by atoms with E-state index in [-0.39, 0.29) is 28.6 Å². The van der Waals surface area contributed by atoms with Crippen molar-refractivity contribution >= 4 is 28.3 Å². The number of hydrogen-bond acceptors (Lipinski definition) is 4. The van der Waals surface area contributed by atoms with Crippen molar-refractivity contribution in [1.82, 2.24) is 19.9 Å². The van der Waals surface area contributed by atoms with E-state index in [1.54, 1.807) is 4.90 Å². The molecule has 1 aromatic heterocycles. The molecule has 1 amide bonds. The van der Waals surface area contributed by atoms with Crippen LogP contribution in [0.25, 0.3) is 0 Å². The molecule has 2 aliphatic heterocycles. The molecule has 2 saturated heterocycles. The molecule has 0 bridgehead atoms. The van der Waals surface area contributed by atoms with Crippen molar-refractivity contribution in [2.75, 3.05) is 32.7 Å². The van der Waals surface area contributed by atoms with E-state index in [1.165, 1.54) is 12.3 Å². The van der Waals surface area contributed by atoms with Crippen LogP contribution in [-0.2, 0) is 10.0 Å². The number of H-pyrrole nitrogens is 1. The van der Waals surface area contributed by atoms with Crippen molar-refractivity contribution in [3.63, 3.8) is 0 Å². The summed E-state index contributed by atoms with van der Waals surface area (Å²) in [4.78, 5) is 17.0. The van der Waals surface area contributed by atoms with Crippen LogP contribution in [0.2, 0.25) is 0 Å². The third-order valence-corrected chi connectivity index (χ3v) is 6.47. The SMILES string of the molecule is CC1(CNS(=O)(=O)c2c[nH]c(C(=O)N3CCCC3)c2)CCNCC1.Cl. The summed E-state index contributed by atoms with van der Waals surface area (Å²) < 4.78 is 27.7. The number of carbonyl (C=O) groups excluding carboxylic acids is 1. The first-order valence-corrected chi connectivity index (χ1v) is 10.1. The van der Waals surface area contributed by atoms with E-state index in [9.17, 15) is 13.2 Å². The fraction of sp³-hybridized carbons (Fsp3) is 0.688. The largest absolute Gasteiger partial charge is 0.356 e. The Morgan fingerprint density at radius 1 is 1.28 bits per heavy atom. The minimum atomic E-state index is -3.61. The lowest BCUT2D eigenvalue weighted by atomic mass is 9.81. The second-order valence-corrected chi connectivity index (χ2v) is 8.90. The summed E-state index contributed by atoms with van der Waals surface area (Å²) in [6, 6.07) is 1.44. The normalized spacial score (nSPS) is 20.3. The minimum Gasteiger partial charge on any atom is -0.356 e. The van der Waals surface area contributed by atoms with Crippen LogP contribution >= 0.6 is 12.4 Å². The van der Waals surface area contributed by atoms with E-state index in [2.05, 4.69) is 21.9 Å². The number of nitrogens with one attached hydrogen (secondary N) is 3. The Morgan fingerprint density at radius 3 is 2.56 bits per heavy atom. The monoisotopic (exact) mass is 390 g/mol. The Bertz CT molecular complexity index is 692. The maximum atomic E-state index is 12.5. The molecular formula is C16H27ClN4O3S. The van der Waals surface area contributed by atoms with Gasteiger partial charge in [0, 0.05) is 25.8 Å². The summed E-state index contributed by atoms with van der Waals surface area (Å²) >= 11 is 0. The molecule has 3 N–H and O–H groups in total. The maximum Gasteiger partial charge on any atom is 0.270 e. The first-order chi connectivity index (χ1) is 11.4. The molecule has 3 rings (SSSR count). The molecule has 1 aromatic rings.